The van der Waals surface area contributed by atoms with Gasteiger partial charge in [0.2, 0.25) is 0 Å². The van der Waals surface area contributed by atoms with Crippen LogP contribution in [0.2, 0.25) is 0 Å². The standard InChI is InChI=1S/C18H22BrNO/c1-20(2)11-5-8-15-6-4-10-18(13-15)21-14-16-7-3-9-17(19)12-16/h3-4,6-7,9-10,12-13H,5,8,11,14H2,1-2H3. The Labute approximate surface area is 135 Å². The molecule has 0 spiro atoms. The Hall–Kier alpha value is -1.32. The van der Waals surface area contributed by atoms with Crippen LogP contribution >= 0.6 is 15.9 Å². The molecule has 0 unspecified atom stereocenters. The minimum Gasteiger partial charge on any atom is -0.489 e. The second kappa shape index (κ2) is 8.20. The summed E-state index contributed by atoms with van der Waals surface area (Å²) >= 11 is 3.48. The molecule has 2 aromatic carbocycles. The van der Waals surface area contributed by atoms with E-state index in [0.29, 0.717) is 6.61 Å². The first kappa shape index (κ1) is 16.1. The van der Waals surface area contributed by atoms with E-state index < -0.39 is 0 Å². The third kappa shape index (κ3) is 5.90. The maximum absolute atomic E-state index is 5.88. The molecule has 21 heavy (non-hydrogen) atoms. The molecule has 0 saturated heterocycles. The number of rotatable bonds is 7. The van der Waals surface area contributed by atoms with Crippen molar-refractivity contribution in [2.75, 3.05) is 20.6 Å². The third-order valence-electron chi connectivity index (χ3n) is 3.26. The number of hydrogen-bond donors (Lipinski definition) is 0. The van der Waals surface area contributed by atoms with Gasteiger partial charge in [-0.1, -0.05) is 40.2 Å². The zero-order valence-corrected chi connectivity index (χ0v) is 14.3. The van der Waals surface area contributed by atoms with Gasteiger partial charge in [0.1, 0.15) is 12.4 Å². The third-order valence-corrected chi connectivity index (χ3v) is 3.76. The number of aryl methyl sites for hydroxylation is 1. The molecule has 0 radical (unpaired) electrons. The molecule has 2 aromatic rings. The summed E-state index contributed by atoms with van der Waals surface area (Å²) in [4.78, 5) is 2.22. The Morgan fingerprint density at radius 2 is 1.76 bits per heavy atom. The van der Waals surface area contributed by atoms with Crippen molar-refractivity contribution in [1.82, 2.24) is 4.90 Å². The summed E-state index contributed by atoms with van der Waals surface area (Å²) in [5.41, 5.74) is 2.51. The lowest BCUT2D eigenvalue weighted by atomic mass is 10.1. The Balaban J connectivity index is 1.88. The highest BCUT2D eigenvalue weighted by atomic mass is 79.9. The van der Waals surface area contributed by atoms with Crippen molar-refractivity contribution >= 4 is 15.9 Å². The molecule has 0 saturated carbocycles. The minimum absolute atomic E-state index is 0.598. The van der Waals surface area contributed by atoms with Crippen molar-refractivity contribution in [2.24, 2.45) is 0 Å². The fourth-order valence-corrected chi connectivity index (χ4v) is 2.63. The van der Waals surface area contributed by atoms with E-state index in [1.165, 1.54) is 17.5 Å². The number of hydrogen-bond acceptors (Lipinski definition) is 2. The predicted octanol–water partition coefficient (Wildman–Crippen LogP) is 4.52. The zero-order valence-electron chi connectivity index (χ0n) is 12.7. The van der Waals surface area contributed by atoms with Crippen LogP contribution in [-0.4, -0.2) is 25.5 Å². The van der Waals surface area contributed by atoms with Gasteiger partial charge >= 0.3 is 0 Å². The largest absolute Gasteiger partial charge is 0.489 e. The van der Waals surface area contributed by atoms with Crippen LogP contribution in [0.15, 0.2) is 53.0 Å². The first-order valence-electron chi connectivity index (χ1n) is 7.24. The molecule has 0 aliphatic carbocycles. The topological polar surface area (TPSA) is 12.5 Å². The maximum atomic E-state index is 5.88. The van der Waals surface area contributed by atoms with Gasteiger partial charge in [-0.15, -0.1) is 0 Å². The maximum Gasteiger partial charge on any atom is 0.120 e. The molecule has 3 heteroatoms. The molecular weight excluding hydrogens is 326 g/mol. The quantitative estimate of drug-likeness (QED) is 0.729. The lowest BCUT2D eigenvalue weighted by Crippen LogP contribution is -2.13. The molecule has 0 fully saturated rings. The minimum atomic E-state index is 0.598. The fourth-order valence-electron chi connectivity index (χ4n) is 2.18. The zero-order chi connectivity index (χ0) is 15.1. The number of ether oxygens (including phenoxy) is 1. The van der Waals surface area contributed by atoms with E-state index >= 15 is 0 Å². The van der Waals surface area contributed by atoms with Crippen LogP contribution < -0.4 is 4.74 Å². The second-order valence-corrected chi connectivity index (χ2v) is 6.39. The van der Waals surface area contributed by atoms with Crippen LogP contribution in [0, 0.1) is 0 Å². The lowest BCUT2D eigenvalue weighted by molar-refractivity contribution is 0.306. The lowest BCUT2D eigenvalue weighted by Gasteiger charge is -2.10. The predicted molar refractivity (Wildman–Crippen MR) is 91.8 cm³/mol. The molecule has 0 N–H and O–H groups in total. The van der Waals surface area contributed by atoms with E-state index in [9.17, 15) is 0 Å². The van der Waals surface area contributed by atoms with Crippen LogP contribution in [0.4, 0.5) is 0 Å². The van der Waals surface area contributed by atoms with E-state index in [1.807, 2.05) is 18.2 Å². The van der Waals surface area contributed by atoms with Crippen LogP contribution in [0.25, 0.3) is 0 Å². The monoisotopic (exact) mass is 347 g/mol. The molecule has 112 valence electrons. The molecule has 0 aliphatic rings. The van der Waals surface area contributed by atoms with Gasteiger partial charge in [0.15, 0.2) is 0 Å². The first-order valence-corrected chi connectivity index (χ1v) is 8.04. The van der Waals surface area contributed by atoms with E-state index in [0.717, 1.165) is 23.2 Å². The van der Waals surface area contributed by atoms with Crippen molar-refractivity contribution in [1.29, 1.82) is 0 Å². The molecule has 0 aromatic heterocycles. The highest BCUT2D eigenvalue weighted by Crippen LogP contribution is 2.18. The number of nitrogens with zero attached hydrogens (tertiary/aromatic N) is 1. The summed E-state index contributed by atoms with van der Waals surface area (Å²) in [5.74, 6) is 0.942. The highest BCUT2D eigenvalue weighted by molar-refractivity contribution is 9.10. The number of benzene rings is 2. The Morgan fingerprint density at radius 1 is 1.00 bits per heavy atom. The van der Waals surface area contributed by atoms with Gasteiger partial charge in [0, 0.05) is 4.47 Å². The molecule has 2 rings (SSSR count). The van der Waals surface area contributed by atoms with Crippen molar-refractivity contribution < 1.29 is 4.74 Å². The summed E-state index contributed by atoms with van der Waals surface area (Å²) in [7, 11) is 4.22. The summed E-state index contributed by atoms with van der Waals surface area (Å²) in [5, 5.41) is 0. The van der Waals surface area contributed by atoms with Gasteiger partial charge in [-0.05, 0) is 68.9 Å². The highest BCUT2D eigenvalue weighted by Gasteiger charge is 2.00. The van der Waals surface area contributed by atoms with Gasteiger partial charge in [-0.25, -0.2) is 0 Å². The van der Waals surface area contributed by atoms with Gasteiger partial charge in [-0.2, -0.15) is 0 Å². The smallest absolute Gasteiger partial charge is 0.120 e. The second-order valence-electron chi connectivity index (χ2n) is 5.47. The van der Waals surface area contributed by atoms with Crippen molar-refractivity contribution in [3.8, 4) is 5.75 Å². The summed E-state index contributed by atoms with van der Waals surface area (Å²) in [6.07, 6.45) is 2.26. The molecule has 0 amide bonds. The van der Waals surface area contributed by atoms with Gasteiger partial charge in [0.05, 0.1) is 0 Å². The summed E-state index contributed by atoms with van der Waals surface area (Å²) in [6.45, 7) is 1.71. The van der Waals surface area contributed by atoms with Crippen molar-refractivity contribution in [3.63, 3.8) is 0 Å². The van der Waals surface area contributed by atoms with Gasteiger partial charge < -0.3 is 9.64 Å². The SMILES string of the molecule is CN(C)CCCc1cccc(OCc2cccc(Br)c2)c1. The molecule has 0 heterocycles. The van der Waals surface area contributed by atoms with Crippen LogP contribution in [0.5, 0.6) is 5.75 Å². The van der Waals surface area contributed by atoms with Crippen molar-refractivity contribution in [3.05, 3.63) is 64.1 Å². The normalized spacial score (nSPS) is 10.9. The molecule has 0 bridgehead atoms. The van der Waals surface area contributed by atoms with Crippen LogP contribution in [0.1, 0.15) is 17.5 Å². The van der Waals surface area contributed by atoms with E-state index in [1.54, 1.807) is 0 Å². The molecule has 0 atom stereocenters. The number of halogens is 1. The molecular formula is C18H22BrNO. The van der Waals surface area contributed by atoms with Crippen LogP contribution in [-0.2, 0) is 13.0 Å². The summed E-state index contributed by atoms with van der Waals surface area (Å²) < 4.78 is 6.97. The van der Waals surface area contributed by atoms with Crippen LogP contribution in [0.3, 0.4) is 0 Å². The van der Waals surface area contributed by atoms with Gasteiger partial charge in [-0.3, -0.25) is 0 Å². The van der Waals surface area contributed by atoms with E-state index in [4.69, 9.17) is 4.74 Å². The Morgan fingerprint density at radius 3 is 2.52 bits per heavy atom. The van der Waals surface area contributed by atoms with E-state index in [2.05, 4.69) is 65.3 Å². The van der Waals surface area contributed by atoms with E-state index in [-0.39, 0.29) is 0 Å². The first-order chi connectivity index (χ1) is 10.1. The molecule has 2 nitrogen and oxygen atoms in total. The average Bonchev–Trinajstić information content (AvgIpc) is 2.45. The van der Waals surface area contributed by atoms with Crippen molar-refractivity contribution in [2.45, 2.75) is 19.4 Å². The average molecular weight is 348 g/mol. The summed E-state index contributed by atoms with van der Waals surface area (Å²) in [6, 6.07) is 16.6. The Bertz CT molecular complexity index is 569. The fraction of sp³-hybridized carbons (Fsp3) is 0.333. The Kier molecular flexibility index (Phi) is 6.27. The van der Waals surface area contributed by atoms with Gasteiger partial charge in [0.25, 0.3) is 0 Å². The molecule has 0 aliphatic heterocycles.